The average molecular weight is 280 g/mol. The molecule has 0 aliphatic heterocycles. The van der Waals surface area contributed by atoms with Gasteiger partial charge in [0.15, 0.2) is 0 Å². The second-order valence-electron chi connectivity index (χ2n) is 4.70. The molecule has 0 aliphatic carbocycles. The molecule has 0 aliphatic rings. The topological polar surface area (TPSA) is 57.4 Å². The van der Waals surface area contributed by atoms with Gasteiger partial charge in [0.25, 0.3) is 0 Å². The molecule has 3 rings (SSSR count). The lowest BCUT2D eigenvalue weighted by Gasteiger charge is -2.10. The maximum absolute atomic E-state index is 5.90. The fourth-order valence-electron chi connectivity index (χ4n) is 2.23. The molecule has 3 aromatic rings. The summed E-state index contributed by atoms with van der Waals surface area (Å²) in [7, 11) is 1.60. The van der Waals surface area contributed by atoms with Crippen molar-refractivity contribution in [3.8, 4) is 11.5 Å². The van der Waals surface area contributed by atoms with Gasteiger partial charge in [0, 0.05) is 11.6 Å². The minimum Gasteiger partial charge on any atom is -0.495 e. The highest BCUT2D eigenvalue weighted by Gasteiger charge is 2.05. The fraction of sp³-hybridized carbons (Fsp3) is 0.118. The van der Waals surface area contributed by atoms with Gasteiger partial charge in [-0.3, -0.25) is 4.98 Å². The summed E-state index contributed by atoms with van der Waals surface area (Å²) < 4.78 is 11.0. The van der Waals surface area contributed by atoms with Crippen molar-refractivity contribution in [1.82, 2.24) is 4.98 Å². The number of benzene rings is 2. The molecule has 0 radical (unpaired) electrons. The largest absolute Gasteiger partial charge is 0.495 e. The van der Waals surface area contributed by atoms with E-state index in [1.807, 2.05) is 48.5 Å². The summed E-state index contributed by atoms with van der Waals surface area (Å²) in [6.07, 6.45) is 1.76. The molecule has 1 heterocycles. The van der Waals surface area contributed by atoms with E-state index in [0.717, 1.165) is 22.2 Å². The fourth-order valence-corrected chi connectivity index (χ4v) is 2.23. The first-order valence-corrected chi connectivity index (χ1v) is 6.67. The molecule has 0 amide bonds. The molecule has 1 aromatic heterocycles. The van der Waals surface area contributed by atoms with Crippen molar-refractivity contribution < 1.29 is 9.47 Å². The zero-order valence-corrected chi connectivity index (χ0v) is 11.7. The quantitative estimate of drug-likeness (QED) is 0.744. The lowest BCUT2D eigenvalue weighted by molar-refractivity contribution is 0.309. The van der Waals surface area contributed by atoms with Crippen molar-refractivity contribution in [2.24, 2.45) is 0 Å². The Morgan fingerprint density at radius 2 is 1.90 bits per heavy atom. The minimum atomic E-state index is 0.434. The van der Waals surface area contributed by atoms with Crippen LogP contribution >= 0.6 is 0 Å². The van der Waals surface area contributed by atoms with E-state index >= 15 is 0 Å². The van der Waals surface area contributed by atoms with Crippen molar-refractivity contribution in [1.29, 1.82) is 0 Å². The van der Waals surface area contributed by atoms with Crippen LogP contribution in [0.4, 0.5) is 5.69 Å². The predicted molar refractivity (Wildman–Crippen MR) is 83.5 cm³/mol. The van der Waals surface area contributed by atoms with E-state index in [1.54, 1.807) is 13.3 Å². The lowest BCUT2D eigenvalue weighted by Crippen LogP contribution is -1.99. The van der Waals surface area contributed by atoms with E-state index in [2.05, 4.69) is 4.98 Å². The minimum absolute atomic E-state index is 0.434. The number of aromatic nitrogens is 1. The number of ether oxygens (including phenoxy) is 2. The monoisotopic (exact) mass is 280 g/mol. The maximum atomic E-state index is 5.90. The van der Waals surface area contributed by atoms with E-state index in [1.165, 1.54) is 0 Å². The zero-order chi connectivity index (χ0) is 14.7. The van der Waals surface area contributed by atoms with Crippen LogP contribution in [-0.4, -0.2) is 12.1 Å². The summed E-state index contributed by atoms with van der Waals surface area (Å²) in [4.78, 5) is 4.37. The number of nitrogens with two attached hydrogens (primary N) is 1. The number of nitrogens with zero attached hydrogens (tertiary/aromatic N) is 1. The summed E-state index contributed by atoms with van der Waals surface area (Å²) in [6.45, 7) is 0.434. The van der Waals surface area contributed by atoms with Crippen LogP contribution in [0.25, 0.3) is 10.9 Å². The Kier molecular flexibility index (Phi) is 3.60. The third-order valence-corrected chi connectivity index (χ3v) is 3.28. The number of rotatable bonds is 4. The number of pyridine rings is 1. The molecule has 2 N–H and O–H groups in total. The van der Waals surface area contributed by atoms with Gasteiger partial charge in [-0.1, -0.05) is 24.3 Å². The number of anilines is 1. The highest BCUT2D eigenvalue weighted by atomic mass is 16.5. The normalized spacial score (nSPS) is 10.5. The molecule has 4 nitrogen and oxygen atoms in total. The van der Waals surface area contributed by atoms with Gasteiger partial charge in [-0.05, 0) is 29.8 Å². The van der Waals surface area contributed by atoms with Gasteiger partial charge in [-0.15, -0.1) is 0 Å². The second-order valence-corrected chi connectivity index (χ2v) is 4.70. The third kappa shape index (κ3) is 2.74. The predicted octanol–water partition coefficient (Wildman–Crippen LogP) is 3.40. The Morgan fingerprint density at radius 3 is 2.71 bits per heavy atom. The number of hydrogen-bond acceptors (Lipinski definition) is 4. The summed E-state index contributed by atoms with van der Waals surface area (Å²) in [5.41, 5.74) is 8.35. The Morgan fingerprint density at radius 1 is 1.05 bits per heavy atom. The van der Waals surface area contributed by atoms with Crippen molar-refractivity contribution in [2.45, 2.75) is 6.61 Å². The van der Waals surface area contributed by atoms with Gasteiger partial charge < -0.3 is 15.2 Å². The molecule has 106 valence electrons. The third-order valence-electron chi connectivity index (χ3n) is 3.28. The Balaban J connectivity index is 1.82. The van der Waals surface area contributed by atoms with Crippen LogP contribution in [0.5, 0.6) is 11.5 Å². The average Bonchev–Trinajstić information content (AvgIpc) is 2.53. The Labute approximate surface area is 123 Å². The van der Waals surface area contributed by atoms with Crippen molar-refractivity contribution in [2.75, 3.05) is 12.8 Å². The summed E-state index contributed by atoms with van der Waals surface area (Å²) in [5, 5.41) is 1.06. The van der Waals surface area contributed by atoms with Gasteiger partial charge >= 0.3 is 0 Å². The van der Waals surface area contributed by atoms with Crippen LogP contribution < -0.4 is 15.2 Å². The smallest absolute Gasteiger partial charge is 0.146 e. The number of nitrogen functional groups attached to an aromatic ring is 1. The van der Waals surface area contributed by atoms with Crippen LogP contribution in [0, 0.1) is 0 Å². The maximum Gasteiger partial charge on any atom is 0.146 e. The zero-order valence-electron chi connectivity index (χ0n) is 11.7. The van der Waals surface area contributed by atoms with Gasteiger partial charge in [0.2, 0.25) is 0 Å². The van der Waals surface area contributed by atoms with E-state index < -0.39 is 0 Å². The van der Waals surface area contributed by atoms with Gasteiger partial charge in [-0.25, -0.2) is 0 Å². The number of hydrogen-bond donors (Lipinski definition) is 1. The molecule has 0 bridgehead atoms. The van der Waals surface area contributed by atoms with Crippen LogP contribution in [0.15, 0.2) is 54.7 Å². The Hall–Kier alpha value is -2.75. The van der Waals surface area contributed by atoms with Crippen molar-refractivity contribution >= 4 is 16.6 Å². The molecule has 0 atom stereocenters. The molecule has 0 spiro atoms. The molecule has 0 saturated heterocycles. The highest BCUT2D eigenvalue weighted by molar-refractivity contribution is 5.84. The molecular formula is C17H16N2O2. The van der Waals surface area contributed by atoms with E-state index in [4.69, 9.17) is 15.2 Å². The first kappa shape index (κ1) is 13.2. The molecule has 0 unspecified atom stereocenters. The van der Waals surface area contributed by atoms with E-state index in [9.17, 15) is 0 Å². The van der Waals surface area contributed by atoms with E-state index in [0.29, 0.717) is 18.0 Å². The van der Waals surface area contributed by atoms with Gasteiger partial charge in [-0.2, -0.15) is 0 Å². The molecule has 2 aromatic carbocycles. The molecule has 0 fully saturated rings. The number of methoxy groups -OCH3 is 1. The number of para-hydroxylation sites is 1. The molecular weight excluding hydrogens is 264 g/mol. The lowest BCUT2D eigenvalue weighted by atomic mass is 10.2. The van der Waals surface area contributed by atoms with Crippen molar-refractivity contribution in [3.63, 3.8) is 0 Å². The molecule has 4 heteroatoms. The SMILES string of the molecule is COc1ccc(COc2cccc3cccnc23)cc1N. The second kappa shape index (κ2) is 5.71. The van der Waals surface area contributed by atoms with E-state index in [-0.39, 0.29) is 0 Å². The standard InChI is InChI=1S/C17H16N2O2/c1-20-15-8-7-12(10-14(15)18)11-21-16-6-2-4-13-5-3-9-19-17(13)16/h2-10H,11,18H2,1H3. The van der Waals surface area contributed by atoms with Crippen LogP contribution in [0.1, 0.15) is 5.56 Å². The summed E-state index contributed by atoms with van der Waals surface area (Å²) in [5.74, 6) is 1.44. The molecule has 21 heavy (non-hydrogen) atoms. The molecule has 0 saturated carbocycles. The van der Waals surface area contributed by atoms with Gasteiger partial charge in [0.05, 0.1) is 12.8 Å². The van der Waals surface area contributed by atoms with Crippen LogP contribution in [0.2, 0.25) is 0 Å². The van der Waals surface area contributed by atoms with Crippen LogP contribution in [0.3, 0.4) is 0 Å². The Bertz CT molecular complexity index is 766. The van der Waals surface area contributed by atoms with Crippen molar-refractivity contribution in [3.05, 3.63) is 60.3 Å². The summed E-state index contributed by atoms with van der Waals surface area (Å²) >= 11 is 0. The first-order chi connectivity index (χ1) is 10.3. The number of fused-ring (bicyclic) bond motifs is 1. The summed E-state index contributed by atoms with van der Waals surface area (Å²) in [6, 6.07) is 15.5. The van der Waals surface area contributed by atoms with Crippen LogP contribution in [-0.2, 0) is 6.61 Å². The first-order valence-electron chi connectivity index (χ1n) is 6.67. The van der Waals surface area contributed by atoms with Gasteiger partial charge in [0.1, 0.15) is 23.6 Å². The highest BCUT2D eigenvalue weighted by Crippen LogP contribution is 2.26.